The Balaban J connectivity index is 1.50. The third kappa shape index (κ3) is 5.77. The molecule has 7 heteroatoms. The molecule has 0 unspecified atom stereocenters. The number of likely N-dealkylation sites (tertiary alicyclic amines) is 1. The number of carbonyl (C=O) groups is 2. The second-order valence-corrected chi connectivity index (χ2v) is 7.15. The smallest absolute Gasteiger partial charge is 0.371 e. The molecule has 0 bridgehead atoms. The summed E-state index contributed by atoms with van der Waals surface area (Å²) >= 11 is 0. The van der Waals surface area contributed by atoms with Crippen LogP contribution in [-0.4, -0.2) is 45.7 Å². The molecule has 2 heterocycles. The van der Waals surface area contributed by atoms with Gasteiger partial charge in [0.1, 0.15) is 11.6 Å². The second-order valence-electron chi connectivity index (χ2n) is 7.15. The highest BCUT2D eigenvalue weighted by atomic mass is 19.1. The summed E-state index contributed by atoms with van der Waals surface area (Å²) in [7, 11) is 0. The van der Waals surface area contributed by atoms with Gasteiger partial charge in [-0.25, -0.2) is 9.18 Å². The predicted octanol–water partition coefficient (Wildman–Crippen LogP) is 3.20. The van der Waals surface area contributed by atoms with Gasteiger partial charge in [0.25, 0.3) is 0 Å². The minimum Gasteiger partial charge on any atom is -0.475 e. The zero-order valence-electron chi connectivity index (χ0n) is 16.0. The van der Waals surface area contributed by atoms with Crippen molar-refractivity contribution in [3.63, 3.8) is 0 Å². The molecular formula is C22H24FNO5. The van der Waals surface area contributed by atoms with Crippen LogP contribution in [0.15, 0.2) is 53.0 Å². The van der Waals surface area contributed by atoms with E-state index >= 15 is 0 Å². The lowest BCUT2D eigenvalue weighted by molar-refractivity contribution is -0.128. The second kappa shape index (κ2) is 9.52. The monoisotopic (exact) mass is 401 g/mol. The van der Waals surface area contributed by atoms with Gasteiger partial charge < -0.3 is 19.5 Å². The van der Waals surface area contributed by atoms with E-state index in [9.17, 15) is 19.1 Å². The third-order valence-corrected chi connectivity index (χ3v) is 4.98. The summed E-state index contributed by atoms with van der Waals surface area (Å²) in [5.74, 6) is -0.856. The fourth-order valence-electron chi connectivity index (χ4n) is 3.48. The van der Waals surface area contributed by atoms with Crippen LogP contribution in [0.3, 0.4) is 0 Å². The number of carboxylic acids is 1. The number of amides is 1. The van der Waals surface area contributed by atoms with E-state index in [1.807, 2.05) is 6.08 Å². The summed E-state index contributed by atoms with van der Waals surface area (Å²) in [5.41, 5.74) is 0.835. The topological polar surface area (TPSA) is 91.0 Å². The number of halogens is 1. The largest absolute Gasteiger partial charge is 0.475 e. The zero-order chi connectivity index (χ0) is 20.8. The van der Waals surface area contributed by atoms with Crippen molar-refractivity contribution in [1.29, 1.82) is 0 Å². The molecule has 1 aliphatic heterocycles. The number of hydrogen-bond acceptors (Lipinski definition) is 4. The van der Waals surface area contributed by atoms with Crippen molar-refractivity contribution >= 4 is 11.9 Å². The number of carbonyl (C=O) groups excluding carboxylic acids is 1. The minimum atomic E-state index is -1.10. The zero-order valence-corrected chi connectivity index (χ0v) is 16.0. The van der Waals surface area contributed by atoms with Crippen LogP contribution in [0.4, 0.5) is 4.39 Å². The maximum Gasteiger partial charge on any atom is 0.371 e. The predicted molar refractivity (Wildman–Crippen MR) is 104 cm³/mol. The number of benzene rings is 1. The molecule has 0 saturated carbocycles. The van der Waals surface area contributed by atoms with Gasteiger partial charge in [0.15, 0.2) is 0 Å². The third-order valence-electron chi connectivity index (χ3n) is 4.98. The highest BCUT2D eigenvalue weighted by Gasteiger charge is 2.28. The van der Waals surface area contributed by atoms with Crippen molar-refractivity contribution in [2.24, 2.45) is 0 Å². The highest BCUT2D eigenvalue weighted by Crippen LogP contribution is 2.21. The van der Waals surface area contributed by atoms with Crippen LogP contribution in [-0.2, 0) is 17.6 Å². The molecule has 0 aliphatic carbocycles. The Labute approximate surface area is 168 Å². The standard InChI is InChI=1S/C22H24FNO5/c23-16-5-3-15(4-6-16)14-18(25)9-7-17-8-12-21(26)24(17)13-1-2-19-10-11-20(29-19)22(27)28/h3-7,9-11,17-18,25H,1-2,8,12-14H2,(H,27,28)/t17-,18+/m0/s1. The molecular weight excluding hydrogens is 377 g/mol. The average molecular weight is 401 g/mol. The first-order chi connectivity index (χ1) is 13.9. The summed E-state index contributed by atoms with van der Waals surface area (Å²) in [4.78, 5) is 24.8. The lowest BCUT2D eigenvalue weighted by Gasteiger charge is -2.22. The fraction of sp³-hybridized carbons (Fsp3) is 0.364. The summed E-state index contributed by atoms with van der Waals surface area (Å²) in [6.45, 7) is 0.533. The van der Waals surface area contributed by atoms with Crippen molar-refractivity contribution < 1.29 is 28.6 Å². The molecule has 1 aromatic heterocycles. The number of aromatic carboxylic acids is 1. The Hall–Kier alpha value is -2.93. The van der Waals surface area contributed by atoms with Crippen molar-refractivity contribution in [1.82, 2.24) is 4.90 Å². The molecule has 1 fully saturated rings. The van der Waals surface area contributed by atoms with Crippen LogP contribution in [0.1, 0.15) is 41.1 Å². The first-order valence-corrected chi connectivity index (χ1v) is 9.64. The van der Waals surface area contributed by atoms with Gasteiger partial charge in [-0.15, -0.1) is 0 Å². The van der Waals surface area contributed by atoms with Gasteiger partial charge in [-0.2, -0.15) is 0 Å². The Morgan fingerprint density at radius 3 is 2.72 bits per heavy atom. The van der Waals surface area contributed by atoms with E-state index in [1.165, 1.54) is 18.2 Å². The molecule has 1 aromatic carbocycles. The maximum atomic E-state index is 13.0. The van der Waals surface area contributed by atoms with Crippen LogP contribution >= 0.6 is 0 Å². The lowest BCUT2D eigenvalue weighted by Crippen LogP contribution is -2.33. The Kier molecular flexibility index (Phi) is 6.82. The maximum absolute atomic E-state index is 13.0. The van der Waals surface area contributed by atoms with E-state index in [2.05, 4.69) is 0 Å². The molecule has 1 aliphatic rings. The quantitative estimate of drug-likeness (QED) is 0.630. The normalized spacial score (nSPS) is 17.9. The van der Waals surface area contributed by atoms with E-state index < -0.39 is 12.1 Å². The first kappa shape index (κ1) is 20.8. The summed E-state index contributed by atoms with van der Waals surface area (Å²) in [6, 6.07) is 9.00. The van der Waals surface area contributed by atoms with E-state index in [0.29, 0.717) is 44.4 Å². The first-order valence-electron chi connectivity index (χ1n) is 9.64. The van der Waals surface area contributed by atoms with E-state index in [4.69, 9.17) is 9.52 Å². The van der Waals surface area contributed by atoms with Gasteiger partial charge >= 0.3 is 5.97 Å². The SMILES string of the molecule is O=C(O)c1ccc(CCCN2C(=O)CC[C@@H]2C=C[C@@H](O)Cc2ccc(F)cc2)o1. The van der Waals surface area contributed by atoms with Gasteiger partial charge in [-0.3, -0.25) is 4.79 Å². The molecule has 1 amide bonds. The van der Waals surface area contributed by atoms with Crippen LogP contribution in [0.2, 0.25) is 0 Å². The number of aryl methyl sites for hydroxylation is 1. The van der Waals surface area contributed by atoms with Gasteiger partial charge in [0.05, 0.1) is 12.1 Å². The number of hydrogen-bond donors (Lipinski definition) is 2. The van der Waals surface area contributed by atoms with Gasteiger partial charge in [0, 0.05) is 25.8 Å². The molecule has 0 radical (unpaired) electrons. The number of aliphatic hydroxyl groups is 1. The summed E-state index contributed by atoms with van der Waals surface area (Å²) in [5, 5.41) is 19.1. The van der Waals surface area contributed by atoms with Crippen LogP contribution < -0.4 is 0 Å². The Bertz CT molecular complexity index is 874. The van der Waals surface area contributed by atoms with Crippen LogP contribution in [0.5, 0.6) is 0 Å². The summed E-state index contributed by atoms with van der Waals surface area (Å²) in [6.07, 6.45) is 5.56. The number of aliphatic hydroxyl groups excluding tert-OH is 1. The molecule has 2 aromatic rings. The van der Waals surface area contributed by atoms with Crippen molar-refractivity contribution in [2.45, 2.75) is 44.2 Å². The van der Waals surface area contributed by atoms with Crippen molar-refractivity contribution in [3.8, 4) is 0 Å². The van der Waals surface area contributed by atoms with Crippen molar-refractivity contribution in [2.75, 3.05) is 6.54 Å². The molecule has 2 N–H and O–H groups in total. The lowest BCUT2D eigenvalue weighted by atomic mass is 10.1. The Morgan fingerprint density at radius 2 is 2.03 bits per heavy atom. The van der Waals surface area contributed by atoms with E-state index in [-0.39, 0.29) is 23.5 Å². The molecule has 29 heavy (non-hydrogen) atoms. The van der Waals surface area contributed by atoms with E-state index in [1.54, 1.807) is 29.2 Å². The highest BCUT2D eigenvalue weighted by molar-refractivity contribution is 5.84. The average Bonchev–Trinajstić information content (AvgIpc) is 3.30. The van der Waals surface area contributed by atoms with Gasteiger partial charge in [0.2, 0.25) is 11.7 Å². The van der Waals surface area contributed by atoms with Crippen LogP contribution in [0, 0.1) is 5.82 Å². The molecule has 1 saturated heterocycles. The van der Waals surface area contributed by atoms with E-state index in [0.717, 1.165) is 5.56 Å². The number of carboxylic acid groups (broad SMARTS) is 1. The molecule has 2 atom stereocenters. The molecule has 0 spiro atoms. The fourth-order valence-corrected chi connectivity index (χ4v) is 3.48. The van der Waals surface area contributed by atoms with Crippen LogP contribution in [0.25, 0.3) is 0 Å². The number of furan rings is 1. The van der Waals surface area contributed by atoms with Gasteiger partial charge in [-0.1, -0.05) is 24.3 Å². The molecule has 154 valence electrons. The summed E-state index contributed by atoms with van der Waals surface area (Å²) < 4.78 is 18.2. The number of nitrogens with zero attached hydrogens (tertiary/aromatic N) is 1. The molecule has 6 nitrogen and oxygen atoms in total. The van der Waals surface area contributed by atoms with Gasteiger partial charge in [-0.05, 0) is 42.7 Å². The Morgan fingerprint density at radius 1 is 1.28 bits per heavy atom. The molecule has 3 rings (SSSR count). The number of rotatable bonds is 9. The van der Waals surface area contributed by atoms with Crippen molar-refractivity contribution in [3.05, 3.63) is 71.5 Å². The minimum absolute atomic E-state index is 0.0679.